The number of anilines is 2. The smallest absolute Gasteiger partial charge is 0.255 e. The van der Waals surface area contributed by atoms with E-state index < -0.39 is 0 Å². The Morgan fingerprint density at radius 3 is 2.73 bits per heavy atom. The van der Waals surface area contributed by atoms with Crippen molar-refractivity contribution < 1.29 is 9.59 Å². The van der Waals surface area contributed by atoms with Gasteiger partial charge in [0.05, 0.1) is 6.42 Å². The number of carbonyl (C=O) groups excluding carboxylic acids is 2. The molecule has 0 atom stereocenters. The standard InChI is InChI=1S/C18H18N2O2/c1-3-20-16-9-8-14(10-13(16)11-17(20)21)19-18(22)15-7-5-4-6-12(15)2/h4-10H,3,11H2,1-2H3,(H,19,22). The van der Waals surface area contributed by atoms with E-state index in [0.29, 0.717) is 18.5 Å². The van der Waals surface area contributed by atoms with E-state index >= 15 is 0 Å². The van der Waals surface area contributed by atoms with Crippen molar-refractivity contribution >= 4 is 23.2 Å². The summed E-state index contributed by atoms with van der Waals surface area (Å²) in [5, 5.41) is 2.91. The van der Waals surface area contributed by atoms with Gasteiger partial charge in [-0.2, -0.15) is 0 Å². The Morgan fingerprint density at radius 1 is 1.23 bits per heavy atom. The molecule has 0 unspecified atom stereocenters. The van der Waals surface area contributed by atoms with Crippen LogP contribution in [0.15, 0.2) is 42.5 Å². The molecule has 2 aromatic carbocycles. The number of hydrogen-bond donors (Lipinski definition) is 1. The molecule has 2 amide bonds. The molecule has 0 aliphatic carbocycles. The van der Waals surface area contributed by atoms with Crippen LogP contribution in [0.3, 0.4) is 0 Å². The van der Waals surface area contributed by atoms with Crippen LogP contribution in [0.4, 0.5) is 11.4 Å². The third-order valence-corrected chi connectivity index (χ3v) is 3.98. The summed E-state index contributed by atoms with van der Waals surface area (Å²) in [4.78, 5) is 26.0. The zero-order chi connectivity index (χ0) is 15.7. The Morgan fingerprint density at radius 2 is 2.00 bits per heavy atom. The Hall–Kier alpha value is -2.62. The number of benzene rings is 2. The van der Waals surface area contributed by atoms with Crippen molar-refractivity contribution in [1.82, 2.24) is 0 Å². The Labute approximate surface area is 129 Å². The van der Waals surface area contributed by atoms with Gasteiger partial charge in [-0.15, -0.1) is 0 Å². The Balaban J connectivity index is 1.83. The second-order valence-electron chi connectivity index (χ2n) is 5.43. The largest absolute Gasteiger partial charge is 0.322 e. The molecule has 0 saturated heterocycles. The van der Waals surface area contributed by atoms with Crippen LogP contribution in [0.1, 0.15) is 28.4 Å². The van der Waals surface area contributed by atoms with Gasteiger partial charge in [-0.25, -0.2) is 0 Å². The fourth-order valence-corrected chi connectivity index (χ4v) is 2.83. The van der Waals surface area contributed by atoms with Crippen LogP contribution in [0.25, 0.3) is 0 Å². The highest BCUT2D eigenvalue weighted by Crippen LogP contribution is 2.31. The minimum atomic E-state index is -0.130. The Bertz CT molecular complexity index is 753. The van der Waals surface area contributed by atoms with Crippen LogP contribution in [-0.4, -0.2) is 18.4 Å². The van der Waals surface area contributed by atoms with Crippen LogP contribution >= 0.6 is 0 Å². The molecule has 112 valence electrons. The second-order valence-corrected chi connectivity index (χ2v) is 5.43. The number of hydrogen-bond acceptors (Lipinski definition) is 2. The molecule has 4 heteroatoms. The van der Waals surface area contributed by atoms with Crippen molar-refractivity contribution in [2.75, 3.05) is 16.8 Å². The lowest BCUT2D eigenvalue weighted by molar-refractivity contribution is -0.117. The van der Waals surface area contributed by atoms with Gasteiger partial charge in [0.1, 0.15) is 0 Å². The predicted molar refractivity (Wildman–Crippen MR) is 87.3 cm³/mol. The highest BCUT2D eigenvalue weighted by Gasteiger charge is 2.26. The molecule has 0 fully saturated rings. The molecule has 1 N–H and O–H groups in total. The van der Waals surface area contributed by atoms with E-state index in [4.69, 9.17) is 0 Å². The molecule has 0 radical (unpaired) electrons. The SMILES string of the molecule is CCN1C(=O)Cc2cc(NC(=O)c3ccccc3C)ccc21. The molecule has 4 nitrogen and oxygen atoms in total. The molecular formula is C18H18N2O2. The molecular weight excluding hydrogens is 276 g/mol. The van der Waals surface area contributed by atoms with E-state index in [1.165, 1.54) is 0 Å². The molecule has 0 aromatic heterocycles. The van der Waals surface area contributed by atoms with Crippen molar-refractivity contribution in [2.45, 2.75) is 20.3 Å². The first-order valence-electron chi connectivity index (χ1n) is 7.40. The number of nitrogens with zero attached hydrogens (tertiary/aromatic N) is 1. The van der Waals surface area contributed by atoms with Gasteiger partial charge < -0.3 is 10.2 Å². The van der Waals surface area contributed by atoms with Crippen molar-refractivity contribution in [1.29, 1.82) is 0 Å². The van der Waals surface area contributed by atoms with Gasteiger partial charge in [0.25, 0.3) is 5.91 Å². The first kappa shape index (κ1) is 14.3. The van der Waals surface area contributed by atoms with Gasteiger partial charge in [-0.3, -0.25) is 9.59 Å². The highest BCUT2D eigenvalue weighted by atomic mass is 16.2. The van der Waals surface area contributed by atoms with Gasteiger partial charge in [-0.1, -0.05) is 18.2 Å². The van der Waals surface area contributed by atoms with E-state index in [2.05, 4.69) is 5.32 Å². The average Bonchev–Trinajstić information content (AvgIpc) is 2.81. The highest BCUT2D eigenvalue weighted by molar-refractivity contribution is 6.06. The van der Waals surface area contributed by atoms with Crippen molar-refractivity contribution in [3.8, 4) is 0 Å². The molecule has 22 heavy (non-hydrogen) atoms. The zero-order valence-corrected chi connectivity index (χ0v) is 12.7. The number of likely N-dealkylation sites (N-methyl/N-ethyl adjacent to an activating group) is 1. The van der Waals surface area contributed by atoms with Gasteiger partial charge in [-0.05, 0) is 49.2 Å². The second kappa shape index (κ2) is 5.64. The lowest BCUT2D eigenvalue weighted by Crippen LogP contribution is -2.25. The van der Waals surface area contributed by atoms with E-state index in [9.17, 15) is 9.59 Å². The first-order valence-corrected chi connectivity index (χ1v) is 7.40. The van der Waals surface area contributed by atoms with Crippen LogP contribution in [-0.2, 0) is 11.2 Å². The van der Waals surface area contributed by atoms with E-state index in [0.717, 1.165) is 22.5 Å². The molecule has 1 aliphatic heterocycles. The third-order valence-electron chi connectivity index (χ3n) is 3.98. The molecule has 2 aromatic rings. The van der Waals surface area contributed by atoms with Crippen molar-refractivity contribution in [3.63, 3.8) is 0 Å². The van der Waals surface area contributed by atoms with Gasteiger partial charge in [0, 0.05) is 23.5 Å². The molecule has 3 rings (SSSR count). The van der Waals surface area contributed by atoms with E-state index in [1.807, 2.05) is 50.2 Å². The summed E-state index contributed by atoms with van der Waals surface area (Å²) in [6.45, 7) is 4.54. The molecule has 0 spiro atoms. The monoisotopic (exact) mass is 294 g/mol. The average molecular weight is 294 g/mol. The van der Waals surface area contributed by atoms with E-state index in [-0.39, 0.29) is 11.8 Å². The fourth-order valence-electron chi connectivity index (χ4n) is 2.83. The summed E-state index contributed by atoms with van der Waals surface area (Å²) in [5.41, 5.74) is 4.23. The van der Waals surface area contributed by atoms with Crippen LogP contribution in [0.2, 0.25) is 0 Å². The molecule has 1 aliphatic rings. The summed E-state index contributed by atoms with van der Waals surface area (Å²) < 4.78 is 0. The maximum atomic E-state index is 12.3. The maximum absolute atomic E-state index is 12.3. The normalized spacial score (nSPS) is 13.2. The van der Waals surface area contributed by atoms with Gasteiger partial charge >= 0.3 is 0 Å². The van der Waals surface area contributed by atoms with Gasteiger partial charge in [0.15, 0.2) is 0 Å². The minimum Gasteiger partial charge on any atom is -0.322 e. The summed E-state index contributed by atoms with van der Waals surface area (Å²) in [6, 6.07) is 13.1. The van der Waals surface area contributed by atoms with Gasteiger partial charge in [0.2, 0.25) is 5.91 Å². The zero-order valence-electron chi connectivity index (χ0n) is 12.7. The van der Waals surface area contributed by atoms with Crippen molar-refractivity contribution in [3.05, 3.63) is 59.2 Å². The number of nitrogens with one attached hydrogen (secondary N) is 1. The molecule has 0 bridgehead atoms. The third kappa shape index (κ3) is 2.48. The lowest BCUT2D eigenvalue weighted by atomic mass is 10.1. The fraction of sp³-hybridized carbons (Fsp3) is 0.222. The maximum Gasteiger partial charge on any atom is 0.255 e. The van der Waals surface area contributed by atoms with Crippen LogP contribution in [0, 0.1) is 6.92 Å². The summed E-state index contributed by atoms with van der Waals surface area (Å²) in [5.74, 6) is -0.0189. The molecule has 1 heterocycles. The summed E-state index contributed by atoms with van der Waals surface area (Å²) in [7, 11) is 0. The molecule has 0 saturated carbocycles. The van der Waals surface area contributed by atoms with Crippen LogP contribution < -0.4 is 10.2 Å². The summed E-state index contributed by atoms with van der Waals surface area (Å²) in [6.07, 6.45) is 0.400. The minimum absolute atomic E-state index is 0.111. The number of rotatable bonds is 3. The number of aryl methyl sites for hydroxylation is 1. The summed E-state index contributed by atoms with van der Waals surface area (Å²) >= 11 is 0. The number of amides is 2. The van der Waals surface area contributed by atoms with Crippen LogP contribution in [0.5, 0.6) is 0 Å². The van der Waals surface area contributed by atoms with E-state index in [1.54, 1.807) is 11.0 Å². The topological polar surface area (TPSA) is 49.4 Å². The quantitative estimate of drug-likeness (QED) is 0.945. The number of carbonyl (C=O) groups is 2. The Kier molecular flexibility index (Phi) is 3.67. The predicted octanol–water partition coefficient (Wildman–Crippen LogP) is 3.16. The van der Waals surface area contributed by atoms with Crippen molar-refractivity contribution in [2.24, 2.45) is 0 Å². The first-order chi connectivity index (χ1) is 10.6. The number of fused-ring (bicyclic) bond motifs is 1. The lowest BCUT2D eigenvalue weighted by Gasteiger charge is -2.15.